The highest BCUT2D eigenvalue weighted by atomic mass is 15.2. The number of nitrogens with zero attached hydrogens (tertiary/aromatic N) is 2. The van der Waals surface area contributed by atoms with Crippen LogP contribution in [-0.2, 0) is 13.0 Å². The Morgan fingerprint density at radius 2 is 2.00 bits per heavy atom. The van der Waals surface area contributed by atoms with Gasteiger partial charge in [0.2, 0.25) is 0 Å². The summed E-state index contributed by atoms with van der Waals surface area (Å²) in [6.45, 7) is 5.03. The summed E-state index contributed by atoms with van der Waals surface area (Å²) in [4.78, 5) is 6.90. The average Bonchev–Trinajstić information content (AvgIpc) is 2.48. The van der Waals surface area contributed by atoms with Crippen LogP contribution in [0.5, 0.6) is 0 Å². The summed E-state index contributed by atoms with van der Waals surface area (Å²) >= 11 is 0. The standard InChI is InChI=1S/C16H19N3/c1-2-17-15-7-8-16(18-11-15)19-10-9-13-5-3-4-6-14(13)12-19/h3-8,11,17H,2,9-10,12H2,1H3. The van der Waals surface area contributed by atoms with E-state index in [1.165, 1.54) is 11.1 Å². The molecule has 0 spiro atoms. The Morgan fingerprint density at radius 1 is 1.16 bits per heavy atom. The molecule has 3 heteroatoms. The van der Waals surface area contributed by atoms with Gasteiger partial charge in [-0.15, -0.1) is 0 Å². The van der Waals surface area contributed by atoms with Gasteiger partial charge in [0, 0.05) is 19.6 Å². The number of benzene rings is 1. The summed E-state index contributed by atoms with van der Waals surface area (Å²) < 4.78 is 0. The van der Waals surface area contributed by atoms with E-state index in [1.54, 1.807) is 0 Å². The van der Waals surface area contributed by atoms with E-state index in [2.05, 4.69) is 58.5 Å². The smallest absolute Gasteiger partial charge is 0.128 e. The van der Waals surface area contributed by atoms with Crippen molar-refractivity contribution in [3.05, 3.63) is 53.7 Å². The van der Waals surface area contributed by atoms with Crippen molar-refractivity contribution in [2.45, 2.75) is 19.9 Å². The zero-order valence-electron chi connectivity index (χ0n) is 11.3. The van der Waals surface area contributed by atoms with E-state index in [0.717, 1.165) is 37.6 Å². The van der Waals surface area contributed by atoms with Crippen molar-refractivity contribution in [1.82, 2.24) is 4.98 Å². The molecule has 1 aromatic heterocycles. The van der Waals surface area contributed by atoms with Gasteiger partial charge >= 0.3 is 0 Å². The second-order valence-electron chi connectivity index (χ2n) is 4.88. The monoisotopic (exact) mass is 253 g/mol. The van der Waals surface area contributed by atoms with E-state index >= 15 is 0 Å². The minimum Gasteiger partial charge on any atom is -0.384 e. The molecule has 0 atom stereocenters. The molecule has 1 aliphatic heterocycles. The zero-order valence-corrected chi connectivity index (χ0v) is 11.3. The first-order valence-corrected chi connectivity index (χ1v) is 6.88. The van der Waals surface area contributed by atoms with Crippen molar-refractivity contribution < 1.29 is 0 Å². The average molecular weight is 253 g/mol. The van der Waals surface area contributed by atoms with Crippen LogP contribution in [0.1, 0.15) is 18.1 Å². The molecule has 0 aliphatic carbocycles. The molecule has 2 heterocycles. The van der Waals surface area contributed by atoms with Crippen LogP contribution in [-0.4, -0.2) is 18.1 Å². The summed E-state index contributed by atoms with van der Waals surface area (Å²) in [5.41, 5.74) is 3.98. The van der Waals surface area contributed by atoms with Crippen LogP contribution in [0.25, 0.3) is 0 Å². The molecule has 0 amide bonds. The summed E-state index contributed by atoms with van der Waals surface area (Å²) in [7, 11) is 0. The first-order valence-electron chi connectivity index (χ1n) is 6.88. The number of hydrogen-bond acceptors (Lipinski definition) is 3. The SMILES string of the molecule is CCNc1ccc(N2CCc3ccccc3C2)nc1. The Labute approximate surface area is 114 Å². The Balaban J connectivity index is 1.77. The molecule has 0 fully saturated rings. The van der Waals surface area contributed by atoms with Crippen molar-refractivity contribution in [1.29, 1.82) is 0 Å². The molecule has 0 unspecified atom stereocenters. The van der Waals surface area contributed by atoms with Crippen LogP contribution in [0, 0.1) is 0 Å². The maximum absolute atomic E-state index is 4.56. The lowest BCUT2D eigenvalue weighted by molar-refractivity contribution is 0.721. The molecule has 0 radical (unpaired) electrons. The normalized spacial score (nSPS) is 14.1. The summed E-state index contributed by atoms with van der Waals surface area (Å²) in [5, 5.41) is 3.27. The molecular formula is C16H19N3. The van der Waals surface area contributed by atoms with E-state index in [4.69, 9.17) is 0 Å². The van der Waals surface area contributed by atoms with E-state index in [0.29, 0.717) is 0 Å². The number of fused-ring (bicyclic) bond motifs is 1. The highest BCUT2D eigenvalue weighted by Crippen LogP contribution is 2.23. The molecule has 98 valence electrons. The number of nitrogens with one attached hydrogen (secondary N) is 1. The highest BCUT2D eigenvalue weighted by molar-refractivity contribution is 5.50. The minimum absolute atomic E-state index is 0.929. The van der Waals surface area contributed by atoms with Crippen LogP contribution in [0.4, 0.5) is 11.5 Å². The van der Waals surface area contributed by atoms with E-state index < -0.39 is 0 Å². The van der Waals surface area contributed by atoms with Crippen LogP contribution in [0.3, 0.4) is 0 Å². The molecular weight excluding hydrogens is 234 g/mol. The molecule has 3 nitrogen and oxygen atoms in total. The molecule has 1 N–H and O–H groups in total. The topological polar surface area (TPSA) is 28.2 Å². The van der Waals surface area contributed by atoms with Gasteiger partial charge in [-0.1, -0.05) is 24.3 Å². The van der Waals surface area contributed by atoms with E-state index in [1.807, 2.05) is 6.20 Å². The lowest BCUT2D eigenvalue weighted by Gasteiger charge is -2.29. The Kier molecular flexibility index (Phi) is 3.36. The van der Waals surface area contributed by atoms with Gasteiger partial charge in [0.15, 0.2) is 0 Å². The molecule has 3 rings (SSSR count). The van der Waals surface area contributed by atoms with Gasteiger partial charge in [-0.25, -0.2) is 4.98 Å². The van der Waals surface area contributed by atoms with Gasteiger partial charge in [-0.05, 0) is 36.6 Å². The fourth-order valence-electron chi connectivity index (χ4n) is 2.57. The van der Waals surface area contributed by atoms with Gasteiger partial charge in [0.1, 0.15) is 5.82 Å². The maximum atomic E-state index is 4.56. The third kappa shape index (κ3) is 2.55. The minimum atomic E-state index is 0.929. The van der Waals surface area contributed by atoms with Gasteiger partial charge in [0.05, 0.1) is 11.9 Å². The fourth-order valence-corrected chi connectivity index (χ4v) is 2.57. The number of hydrogen-bond donors (Lipinski definition) is 1. The quantitative estimate of drug-likeness (QED) is 0.911. The number of anilines is 2. The third-order valence-electron chi connectivity index (χ3n) is 3.58. The Bertz CT molecular complexity index is 548. The summed E-state index contributed by atoms with van der Waals surface area (Å²) in [5.74, 6) is 1.07. The Morgan fingerprint density at radius 3 is 2.74 bits per heavy atom. The first-order chi connectivity index (χ1) is 9.36. The summed E-state index contributed by atoms with van der Waals surface area (Å²) in [6, 6.07) is 12.9. The lowest BCUT2D eigenvalue weighted by atomic mass is 10.00. The van der Waals surface area contributed by atoms with Gasteiger partial charge in [-0.3, -0.25) is 0 Å². The Hall–Kier alpha value is -2.03. The van der Waals surface area contributed by atoms with Crippen molar-refractivity contribution >= 4 is 11.5 Å². The zero-order chi connectivity index (χ0) is 13.1. The van der Waals surface area contributed by atoms with E-state index in [-0.39, 0.29) is 0 Å². The second kappa shape index (κ2) is 5.31. The van der Waals surface area contributed by atoms with Crippen molar-refractivity contribution in [2.75, 3.05) is 23.3 Å². The molecule has 0 saturated heterocycles. The largest absolute Gasteiger partial charge is 0.384 e. The predicted molar refractivity (Wildman–Crippen MR) is 79.6 cm³/mol. The molecule has 2 aromatic rings. The van der Waals surface area contributed by atoms with E-state index in [9.17, 15) is 0 Å². The molecule has 0 saturated carbocycles. The van der Waals surface area contributed by atoms with Crippen LogP contribution >= 0.6 is 0 Å². The second-order valence-corrected chi connectivity index (χ2v) is 4.88. The van der Waals surface area contributed by atoms with Gasteiger partial charge in [-0.2, -0.15) is 0 Å². The lowest BCUT2D eigenvalue weighted by Crippen LogP contribution is -2.30. The fraction of sp³-hybridized carbons (Fsp3) is 0.312. The van der Waals surface area contributed by atoms with Crippen LogP contribution in [0.15, 0.2) is 42.6 Å². The first kappa shape index (κ1) is 12.0. The van der Waals surface area contributed by atoms with Crippen molar-refractivity contribution in [3.63, 3.8) is 0 Å². The summed E-state index contributed by atoms with van der Waals surface area (Å²) in [6.07, 6.45) is 3.02. The maximum Gasteiger partial charge on any atom is 0.128 e. The predicted octanol–water partition coefficient (Wildman–Crippen LogP) is 3.08. The molecule has 19 heavy (non-hydrogen) atoms. The van der Waals surface area contributed by atoms with Crippen molar-refractivity contribution in [2.24, 2.45) is 0 Å². The molecule has 0 bridgehead atoms. The number of aromatic nitrogens is 1. The van der Waals surface area contributed by atoms with Crippen LogP contribution < -0.4 is 10.2 Å². The van der Waals surface area contributed by atoms with Gasteiger partial charge < -0.3 is 10.2 Å². The number of pyridine rings is 1. The third-order valence-corrected chi connectivity index (χ3v) is 3.58. The van der Waals surface area contributed by atoms with Gasteiger partial charge in [0.25, 0.3) is 0 Å². The van der Waals surface area contributed by atoms with Crippen LogP contribution in [0.2, 0.25) is 0 Å². The van der Waals surface area contributed by atoms with Crippen molar-refractivity contribution in [3.8, 4) is 0 Å². The molecule has 1 aromatic carbocycles. The highest BCUT2D eigenvalue weighted by Gasteiger charge is 2.16. The number of rotatable bonds is 3. The molecule has 1 aliphatic rings.